The standard InChI is InChI=1S/C15H20FN3/c1-10-2-4-11(5-3-10)9-19-14-7-6-12(16)8-13(14)18-15(19)17/h6-8,10-11H,2-5,9H2,1H3,(H2,17,18). The molecule has 1 saturated carbocycles. The summed E-state index contributed by atoms with van der Waals surface area (Å²) < 4.78 is 15.2. The number of hydrogen-bond acceptors (Lipinski definition) is 2. The van der Waals surface area contributed by atoms with Crippen LogP contribution < -0.4 is 5.73 Å². The van der Waals surface area contributed by atoms with E-state index in [1.807, 2.05) is 4.57 Å². The molecule has 0 bridgehead atoms. The molecular formula is C15H20FN3. The van der Waals surface area contributed by atoms with Crippen LogP contribution in [0.15, 0.2) is 18.2 Å². The zero-order valence-electron chi connectivity index (χ0n) is 11.3. The lowest BCUT2D eigenvalue weighted by atomic mass is 9.83. The van der Waals surface area contributed by atoms with Crippen LogP contribution in [0, 0.1) is 17.7 Å². The molecule has 0 atom stereocenters. The Balaban J connectivity index is 1.86. The Kier molecular flexibility index (Phi) is 3.17. The summed E-state index contributed by atoms with van der Waals surface area (Å²) in [4.78, 5) is 4.26. The number of halogens is 1. The van der Waals surface area contributed by atoms with Gasteiger partial charge >= 0.3 is 0 Å². The fourth-order valence-corrected chi connectivity index (χ4v) is 3.08. The van der Waals surface area contributed by atoms with Gasteiger partial charge < -0.3 is 10.3 Å². The van der Waals surface area contributed by atoms with Crippen LogP contribution in [-0.4, -0.2) is 9.55 Å². The Morgan fingerprint density at radius 3 is 2.79 bits per heavy atom. The monoisotopic (exact) mass is 261 g/mol. The predicted octanol–water partition coefficient (Wildman–Crippen LogP) is 3.58. The molecule has 0 unspecified atom stereocenters. The summed E-state index contributed by atoms with van der Waals surface area (Å²) >= 11 is 0. The molecule has 0 spiro atoms. The van der Waals surface area contributed by atoms with Gasteiger partial charge in [0.2, 0.25) is 5.95 Å². The van der Waals surface area contributed by atoms with E-state index in [2.05, 4.69) is 11.9 Å². The highest BCUT2D eigenvalue weighted by Crippen LogP contribution is 2.31. The Morgan fingerprint density at radius 2 is 2.05 bits per heavy atom. The summed E-state index contributed by atoms with van der Waals surface area (Å²) in [6.45, 7) is 3.22. The molecule has 102 valence electrons. The minimum atomic E-state index is -0.261. The van der Waals surface area contributed by atoms with Gasteiger partial charge in [-0.05, 0) is 36.8 Å². The first-order valence-electron chi connectivity index (χ1n) is 7.04. The van der Waals surface area contributed by atoms with E-state index in [0.29, 0.717) is 17.4 Å². The van der Waals surface area contributed by atoms with Crippen molar-refractivity contribution in [2.45, 2.75) is 39.2 Å². The van der Waals surface area contributed by atoms with Crippen molar-refractivity contribution in [3.63, 3.8) is 0 Å². The maximum absolute atomic E-state index is 13.2. The molecule has 0 aliphatic heterocycles. The number of benzene rings is 1. The molecular weight excluding hydrogens is 241 g/mol. The lowest BCUT2D eigenvalue weighted by Crippen LogP contribution is -2.18. The fourth-order valence-electron chi connectivity index (χ4n) is 3.08. The number of rotatable bonds is 2. The summed E-state index contributed by atoms with van der Waals surface area (Å²) in [5, 5.41) is 0. The largest absolute Gasteiger partial charge is 0.369 e. The summed E-state index contributed by atoms with van der Waals surface area (Å²) in [6.07, 6.45) is 5.10. The number of nitrogens with zero attached hydrogens (tertiary/aromatic N) is 2. The van der Waals surface area contributed by atoms with Crippen LogP contribution in [0.5, 0.6) is 0 Å². The Bertz CT molecular complexity index is 582. The molecule has 2 aromatic rings. The van der Waals surface area contributed by atoms with E-state index in [1.54, 1.807) is 6.07 Å². The normalized spacial score (nSPS) is 23.9. The van der Waals surface area contributed by atoms with Gasteiger partial charge in [-0.2, -0.15) is 0 Å². The highest BCUT2D eigenvalue weighted by molar-refractivity contribution is 5.78. The Labute approximate surface area is 112 Å². The molecule has 2 N–H and O–H groups in total. The van der Waals surface area contributed by atoms with Crippen LogP contribution in [0.4, 0.5) is 10.3 Å². The van der Waals surface area contributed by atoms with Crippen LogP contribution in [0.3, 0.4) is 0 Å². The van der Waals surface area contributed by atoms with Gasteiger partial charge in [-0.25, -0.2) is 9.37 Å². The maximum Gasteiger partial charge on any atom is 0.201 e. The van der Waals surface area contributed by atoms with Crippen LogP contribution >= 0.6 is 0 Å². The topological polar surface area (TPSA) is 43.8 Å². The Hall–Kier alpha value is -1.58. The van der Waals surface area contributed by atoms with Gasteiger partial charge in [0.05, 0.1) is 11.0 Å². The molecule has 3 nitrogen and oxygen atoms in total. The summed E-state index contributed by atoms with van der Waals surface area (Å²) in [6, 6.07) is 4.70. The fraction of sp³-hybridized carbons (Fsp3) is 0.533. The molecule has 1 aromatic heterocycles. The molecule has 1 fully saturated rings. The number of hydrogen-bond donors (Lipinski definition) is 1. The Morgan fingerprint density at radius 1 is 1.32 bits per heavy atom. The van der Waals surface area contributed by atoms with Crippen molar-refractivity contribution in [1.82, 2.24) is 9.55 Å². The highest BCUT2D eigenvalue weighted by Gasteiger charge is 2.20. The van der Waals surface area contributed by atoms with Crippen molar-refractivity contribution < 1.29 is 4.39 Å². The van der Waals surface area contributed by atoms with Crippen molar-refractivity contribution >= 4 is 17.0 Å². The molecule has 0 amide bonds. The number of nitrogen functional groups attached to an aromatic ring is 1. The zero-order chi connectivity index (χ0) is 13.4. The second kappa shape index (κ2) is 4.83. The van der Waals surface area contributed by atoms with E-state index in [1.165, 1.54) is 37.8 Å². The molecule has 1 heterocycles. The molecule has 1 aromatic carbocycles. The molecule has 0 radical (unpaired) electrons. The number of aromatic nitrogens is 2. The SMILES string of the molecule is CC1CCC(Cn2c(N)nc3cc(F)ccc32)CC1. The quantitative estimate of drug-likeness (QED) is 0.898. The van der Waals surface area contributed by atoms with Gasteiger partial charge in [-0.1, -0.05) is 19.8 Å². The van der Waals surface area contributed by atoms with Crippen molar-refractivity contribution in [2.24, 2.45) is 11.8 Å². The first kappa shape index (κ1) is 12.5. The number of anilines is 1. The highest BCUT2D eigenvalue weighted by atomic mass is 19.1. The number of nitrogens with two attached hydrogens (primary N) is 1. The van der Waals surface area contributed by atoms with E-state index in [0.717, 1.165) is 18.0 Å². The molecule has 1 aliphatic carbocycles. The summed E-state index contributed by atoms with van der Waals surface area (Å²) in [5.41, 5.74) is 7.57. The lowest BCUT2D eigenvalue weighted by molar-refractivity contribution is 0.267. The van der Waals surface area contributed by atoms with E-state index < -0.39 is 0 Å². The molecule has 0 saturated heterocycles. The molecule has 4 heteroatoms. The summed E-state index contributed by atoms with van der Waals surface area (Å²) in [7, 11) is 0. The van der Waals surface area contributed by atoms with Gasteiger partial charge in [0.1, 0.15) is 5.82 Å². The first-order valence-corrected chi connectivity index (χ1v) is 7.04. The van der Waals surface area contributed by atoms with Crippen LogP contribution in [0.25, 0.3) is 11.0 Å². The second-order valence-electron chi connectivity index (χ2n) is 5.84. The van der Waals surface area contributed by atoms with Crippen molar-refractivity contribution in [3.05, 3.63) is 24.0 Å². The maximum atomic E-state index is 13.2. The van der Waals surface area contributed by atoms with Crippen molar-refractivity contribution in [2.75, 3.05) is 5.73 Å². The van der Waals surface area contributed by atoms with Gasteiger partial charge in [0.15, 0.2) is 0 Å². The predicted molar refractivity (Wildman–Crippen MR) is 75.2 cm³/mol. The van der Waals surface area contributed by atoms with Gasteiger partial charge in [0, 0.05) is 12.6 Å². The number of imidazole rings is 1. The molecule has 3 rings (SSSR count). The first-order chi connectivity index (χ1) is 9.13. The number of fused-ring (bicyclic) bond motifs is 1. The summed E-state index contributed by atoms with van der Waals surface area (Å²) in [5.74, 6) is 1.76. The lowest BCUT2D eigenvalue weighted by Gasteiger charge is -2.26. The van der Waals surface area contributed by atoms with Crippen molar-refractivity contribution in [1.29, 1.82) is 0 Å². The van der Waals surface area contributed by atoms with Crippen molar-refractivity contribution in [3.8, 4) is 0 Å². The van der Waals surface area contributed by atoms with Crippen LogP contribution in [-0.2, 0) is 6.54 Å². The smallest absolute Gasteiger partial charge is 0.201 e. The van der Waals surface area contributed by atoms with E-state index >= 15 is 0 Å². The van der Waals surface area contributed by atoms with Crippen LogP contribution in [0.1, 0.15) is 32.6 Å². The molecule has 1 aliphatic rings. The minimum Gasteiger partial charge on any atom is -0.369 e. The third-order valence-electron chi connectivity index (χ3n) is 4.32. The average Bonchev–Trinajstić information content (AvgIpc) is 2.68. The minimum absolute atomic E-state index is 0.261. The van der Waals surface area contributed by atoms with E-state index in [4.69, 9.17) is 5.73 Å². The third-order valence-corrected chi connectivity index (χ3v) is 4.32. The molecule has 19 heavy (non-hydrogen) atoms. The third kappa shape index (κ3) is 2.44. The average molecular weight is 261 g/mol. The van der Waals surface area contributed by atoms with Gasteiger partial charge in [-0.3, -0.25) is 0 Å². The van der Waals surface area contributed by atoms with Gasteiger partial charge in [-0.15, -0.1) is 0 Å². The van der Waals surface area contributed by atoms with Gasteiger partial charge in [0.25, 0.3) is 0 Å². The zero-order valence-corrected chi connectivity index (χ0v) is 11.3. The van der Waals surface area contributed by atoms with E-state index in [-0.39, 0.29) is 5.82 Å². The van der Waals surface area contributed by atoms with Crippen LogP contribution in [0.2, 0.25) is 0 Å². The van der Waals surface area contributed by atoms with E-state index in [9.17, 15) is 4.39 Å². The second-order valence-corrected chi connectivity index (χ2v) is 5.84.